The van der Waals surface area contributed by atoms with Gasteiger partial charge in [-0.1, -0.05) is 0 Å². The van der Waals surface area contributed by atoms with Crippen molar-refractivity contribution >= 4 is 11.0 Å². The number of phenolic OH excluding ortho intramolecular Hbond substituents is 2. The molecular weight excluding hydrogens is 294 g/mol. The fourth-order valence-corrected chi connectivity index (χ4v) is 2.55. The van der Waals surface area contributed by atoms with E-state index in [1.807, 2.05) is 19.0 Å². The van der Waals surface area contributed by atoms with E-state index in [-0.39, 0.29) is 16.9 Å². The van der Waals surface area contributed by atoms with E-state index in [1.54, 1.807) is 18.2 Å². The Morgan fingerprint density at radius 2 is 1.74 bits per heavy atom. The summed E-state index contributed by atoms with van der Waals surface area (Å²) in [6, 6.07) is 11.0. The number of nitrogens with zero attached hydrogens (tertiary/aromatic N) is 1. The van der Waals surface area contributed by atoms with Crippen molar-refractivity contribution in [3.63, 3.8) is 0 Å². The molecule has 2 aromatic carbocycles. The van der Waals surface area contributed by atoms with Gasteiger partial charge in [-0.05, 0) is 50.5 Å². The molecule has 0 spiro atoms. The van der Waals surface area contributed by atoms with Crippen LogP contribution in [-0.4, -0.2) is 29.2 Å². The Morgan fingerprint density at radius 3 is 2.39 bits per heavy atom. The van der Waals surface area contributed by atoms with Crippen LogP contribution in [0.15, 0.2) is 51.7 Å². The number of fused-ring (bicyclic) bond motifs is 1. The fourth-order valence-electron chi connectivity index (χ4n) is 2.55. The topological polar surface area (TPSA) is 73.9 Å². The first-order valence-electron chi connectivity index (χ1n) is 7.18. The van der Waals surface area contributed by atoms with Gasteiger partial charge in [-0.3, -0.25) is 4.79 Å². The van der Waals surface area contributed by atoms with Gasteiger partial charge in [0.2, 0.25) is 0 Å². The van der Waals surface area contributed by atoms with E-state index < -0.39 is 0 Å². The minimum atomic E-state index is -0.206. The lowest BCUT2D eigenvalue weighted by Crippen LogP contribution is -2.14. The predicted octanol–water partition coefficient (Wildman–Crippen LogP) is 2.93. The van der Waals surface area contributed by atoms with Crippen molar-refractivity contribution in [3.8, 4) is 22.8 Å². The highest BCUT2D eigenvalue weighted by atomic mass is 16.3. The molecule has 1 aromatic heterocycles. The highest BCUT2D eigenvalue weighted by molar-refractivity contribution is 5.84. The SMILES string of the molecule is CN(C)Cc1c(O)ccc2oc(-c3ccc(O)cc3)cc(=O)c12. The first-order chi connectivity index (χ1) is 11.0. The second-order valence-corrected chi connectivity index (χ2v) is 5.70. The fraction of sp³-hybridized carbons (Fsp3) is 0.167. The zero-order valence-electron chi connectivity index (χ0n) is 12.9. The molecule has 5 heteroatoms. The molecule has 3 aromatic rings. The minimum Gasteiger partial charge on any atom is -0.508 e. The Bertz CT molecular complexity index is 911. The van der Waals surface area contributed by atoms with Gasteiger partial charge < -0.3 is 19.5 Å². The van der Waals surface area contributed by atoms with Crippen LogP contribution < -0.4 is 5.43 Å². The van der Waals surface area contributed by atoms with Crippen molar-refractivity contribution in [1.82, 2.24) is 4.90 Å². The number of benzene rings is 2. The van der Waals surface area contributed by atoms with Gasteiger partial charge in [0, 0.05) is 23.7 Å². The van der Waals surface area contributed by atoms with Crippen LogP contribution in [0.25, 0.3) is 22.3 Å². The number of rotatable bonds is 3. The molecule has 0 aliphatic carbocycles. The summed E-state index contributed by atoms with van der Waals surface area (Å²) in [5, 5.41) is 19.8. The summed E-state index contributed by atoms with van der Waals surface area (Å²) in [4.78, 5) is 14.4. The van der Waals surface area contributed by atoms with Crippen LogP contribution >= 0.6 is 0 Å². The largest absolute Gasteiger partial charge is 0.508 e. The van der Waals surface area contributed by atoms with Crippen LogP contribution in [0.2, 0.25) is 0 Å². The lowest BCUT2D eigenvalue weighted by atomic mass is 10.1. The van der Waals surface area contributed by atoms with Crippen molar-refractivity contribution < 1.29 is 14.6 Å². The lowest BCUT2D eigenvalue weighted by Gasteiger charge is -2.13. The smallest absolute Gasteiger partial charge is 0.193 e. The quantitative estimate of drug-likeness (QED) is 0.778. The van der Waals surface area contributed by atoms with Gasteiger partial charge in [0.05, 0.1) is 5.39 Å². The summed E-state index contributed by atoms with van der Waals surface area (Å²) < 4.78 is 5.83. The van der Waals surface area contributed by atoms with Crippen molar-refractivity contribution in [2.75, 3.05) is 14.1 Å². The monoisotopic (exact) mass is 311 g/mol. The van der Waals surface area contributed by atoms with Crippen LogP contribution in [0.3, 0.4) is 0 Å². The molecule has 0 saturated carbocycles. The zero-order chi connectivity index (χ0) is 16.6. The standard InChI is InChI=1S/C18H17NO4/c1-19(2)10-13-14(21)7-8-16-18(13)15(22)9-17(23-16)11-3-5-12(20)6-4-11/h3-9,20-21H,10H2,1-2H3. The van der Waals surface area contributed by atoms with Gasteiger partial charge in [-0.15, -0.1) is 0 Å². The Labute approximate surface area is 133 Å². The van der Waals surface area contributed by atoms with Crippen molar-refractivity contribution in [1.29, 1.82) is 0 Å². The van der Waals surface area contributed by atoms with Gasteiger partial charge in [0.1, 0.15) is 22.8 Å². The third-order valence-electron chi connectivity index (χ3n) is 3.60. The van der Waals surface area contributed by atoms with Crippen molar-refractivity contribution in [2.24, 2.45) is 0 Å². The van der Waals surface area contributed by atoms with Crippen LogP contribution in [0.1, 0.15) is 5.56 Å². The maximum Gasteiger partial charge on any atom is 0.193 e. The summed E-state index contributed by atoms with van der Waals surface area (Å²) in [5.41, 5.74) is 1.47. The normalized spacial score (nSPS) is 11.3. The number of hydrogen-bond acceptors (Lipinski definition) is 5. The molecule has 23 heavy (non-hydrogen) atoms. The maximum absolute atomic E-state index is 12.6. The molecule has 5 nitrogen and oxygen atoms in total. The van der Waals surface area contributed by atoms with Gasteiger partial charge in [0.25, 0.3) is 0 Å². The van der Waals surface area contributed by atoms with Gasteiger partial charge >= 0.3 is 0 Å². The molecule has 3 rings (SSSR count). The van der Waals surface area contributed by atoms with E-state index in [4.69, 9.17) is 4.42 Å². The maximum atomic E-state index is 12.6. The van der Waals surface area contributed by atoms with E-state index in [0.29, 0.717) is 34.4 Å². The molecule has 0 unspecified atom stereocenters. The summed E-state index contributed by atoms with van der Waals surface area (Å²) in [6.07, 6.45) is 0. The second kappa shape index (κ2) is 5.78. The van der Waals surface area contributed by atoms with Gasteiger partial charge in [-0.2, -0.15) is 0 Å². The molecular formula is C18H17NO4. The minimum absolute atomic E-state index is 0.0795. The first kappa shape index (κ1) is 15.1. The number of phenols is 2. The molecule has 1 heterocycles. The molecule has 0 radical (unpaired) electrons. The average Bonchev–Trinajstić information content (AvgIpc) is 2.50. The van der Waals surface area contributed by atoms with E-state index >= 15 is 0 Å². The summed E-state index contributed by atoms with van der Waals surface area (Å²) in [7, 11) is 3.73. The van der Waals surface area contributed by atoms with Crippen LogP contribution in [0.4, 0.5) is 0 Å². The van der Waals surface area contributed by atoms with Crippen LogP contribution in [-0.2, 0) is 6.54 Å². The van der Waals surface area contributed by atoms with Crippen molar-refractivity contribution in [3.05, 3.63) is 58.3 Å². The van der Waals surface area contributed by atoms with Crippen molar-refractivity contribution in [2.45, 2.75) is 6.54 Å². The number of hydrogen-bond donors (Lipinski definition) is 2. The predicted molar refractivity (Wildman–Crippen MR) is 88.6 cm³/mol. The molecule has 0 aliphatic rings. The molecule has 0 bridgehead atoms. The van der Waals surface area contributed by atoms with Crippen LogP contribution in [0, 0.1) is 0 Å². The Kier molecular flexibility index (Phi) is 3.80. The Hall–Kier alpha value is -2.79. The molecule has 0 amide bonds. The first-order valence-corrected chi connectivity index (χ1v) is 7.18. The highest BCUT2D eigenvalue weighted by Gasteiger charge is 2.14. The summed E-state index contributed by atoms with van der Waals surface area (Å²) in [5.74, 6) is 0.648. The van der Waals surface area contributed by atoms with E-state index in [9.17, 15) is 15.0 Å². The van der Waals surface area contributed by atoms with E-state index in [0.717, 1.165) is 0 Å². The lowest BCUT2D eigenvalue weighted by molar-refractivity contribution is 0.387. The molecule has 0 aliphatic heterocycles. The van der Waals surface area contributed by atoms with Crippen LogP contribution in [0.5, 0.6) is 11.5 Å². The molecule has 0 fully saturated rings. The van der Waals surface area contributed by atoms with E-state index in [2.05, 4.69) is 0 Å². The third-order valence-corrected chi connectivity index (χ3v) is 3.60. The molecule has 2 N–H and O–H groups in total. The zero-order valence-corrected chi connectivity index (χ0v) is 12.9. The van der Waals surface area contributed by atoms with Gasteiger partial charge in [0.15, 0.2) is 5.43 Å². The third kappa shape index (κ3) is 2.91. The average molecular weight is 311 g/mol. The Balaban J connectivity index is 2.22. The van der Waals surface area contributed by atoms with Gasteiger partial charge in [-0.25, -0.2) is 0 Å². The summed E-state index contributed by atoms with van der Waals surface area (Å²) in [6.45, 7) is 0.437. The molecule has 0 saturated heterocycles. The van der Waals surface area contributed by atoms with E-state index in [1.165, 1.54) is 24.3 Å². The molecule has 0 atom stereocenters. The second-order valence-electron chi connectivity index (χ2n) is 5.70. The Morgan fingerprint density at radius 1 is 1.04 bits per heavy atom. The molecule has 118 valence electrons. The number of aromatic hydroxyl groups is 2. The highest BCUT2D eigenvalue weighted by Crippen LogP contribution is 2.29. The summed E-state index contributed by atoms with van der Waals surface area (Å²) >= 11 is 0.